The lowest BCUT2D eigenvalue weighted by Crippen LogP contribution is -2.05. The molecule has 1 heterocycles. The first-order valence-electron chi connectivity index (χ1n) is 4.65. The zero-order valence-corrected chi connectivity index (χ0v) is 9.82. The molecule has 4 heteroatoms. The lowest BCUT2D eigenvalue weighted by molar-refractivity contribution is 0.483. The summed E-state index contributed by atoms with van der Waals surface area (Å²) in [5.41, 5.74) is 2.04. The average Bonchev–Trinajstić information content (AvgIpc) is 2.47. The second-order valence-electron chi connectivity index (χ2n) is 3.80. The number of aromatic nitrogens is 3. The molecule has 0 aliphatic heterocycles. The first kappa shape index (κ1) is 9.65. The van der Waals surface area contributed by atoms with Crippen molar-refractivity contribution < 1.29 is 0 Å². The highest BCUT2D eigenvalue weighted by Crippen LogP contribution is 2.17. The number of hydrogen-bond donors (Lipinski definition) is 0. The molecule has 0 saturated heterocycles. The Labute approximate surface area is 91.2 Å². The van der Waals surface area contributed by atoms with E-state index in [0.717, 1.165) is 22.1 Å². The largest absolute Gasteiger partial charge is 0.244 e. The van der Waals surface area contributed by atoms with Crippen molar-refractivity contribution in [1.82, 2.24) is 15.0 Å². The van der Waals surface area contributed by atoms with Crippen molar-refractivity contribution in [2.45, 2.75) is 20.4 Å². The van der Waals surface area contributed by atoms with E-state index >= 15 is 0 Å². The van der Waals surface area contributed by atoms with E-state index in [2.05, 4.69) is 40.1 Å². The van der Waals surface area contributed by atoms with Gasteiger partial charge in [0, 0.05) is 11.0 Å². The first-order chi connectivity index (χ1) is 6.66. The summed E-state index contributed by atoms with van der Waals surface area (Å²) in [5.74, 6) is 0.587. The van der Waals surface area contributed by atoms with Crippen LogP contribution in [0.2, 0.25) is 0 Å². The Bertz CT molecular complexity index is 448. The number of benzene rings is 1. The Morgan fingerprint density at radius 2 is 2.21 bits per heavy atom. The van der Waals surface area contributed by atoms with Gasteiger partial charge in [-0.3, -0.25) is 0 Å². The number of hydrogen-bond acceptors (Lipinski definition) is 2. The predicted molar refractivity (Wildman–Crippen MR) is 60.1 cm³/mol. The highest BCUT2D eigenvalue weighted by Gasteiger charge is 2.05. The maximum atomic E-state index is 4.12. The van der Waals surface area contributed by atoms with Gasteiger partial charge in [-0.2, -0.15) is 0 Å². The summed E-state index contributed by atoms with van der Waals surface area (Å²) in [7, 11) is 0. The van der Waals surface area contributed by atoms with Crippen molar-refractivity contribution >= 4 is 27.0 Å². The molecular weight excluding hydrogens is 242 g/mol. The Kier molecular flexibility index (Phi) is 2.54. The van der Waals surface area contributed by atoms with Crippen LogP contribution in [-0.4, -0.2) is 15.0 Å². The van der Waals surface area contributed by atoms with E-state index < -0.39 is 0 Å². The summed E-state index contributed by atoms with van der Waals surface area (Å²) in [4.78, 5) is 0. The van der Waals surface area contributed by atoms with Crippen molar-refractivity contribution in [3.05, 3.63) is 22.7 Å². The molecule has 74 valence electrons. The molecule has 0 N–H and O–H groups in total. The van der Waals surface area contributed by atoms with E-state index in [1.54, 1.807) is 0 Å². The molecular formula is C10H12BrN3. The van der Waals surface area contributed by atoms with E-state index in [1.807, 2.05) is 22.9 Å². The standard InChI is InChI=1S/C10H12BrN3/c1-7(2)6-14-10-4-3-8(11)5-9(10)12-13-14/h3-5,7H,6H2,1-2H3. The molecule has 0 radical (unpaired) electrons. The second-order valence-corrected chi connectivity index (χ2v) is 4.71. The van der Waals surface area contributed by atoms with Gasteiger partial charge >= 0.3 is 0 Å². The minimum absolute atomic E-state index is 0.587. The SMILES string of the molecule is CC(C)Cn1nnc2cc(Br)ccc21. The van der Waals surface area contributed by atoms with Gasteiger partial charge in [0.2, 0.25) is 0 Å². The van der Waals surface area contributed by atoms with Crippen molar-refractivity contribution in [2.75, 3.05) is 0 Å². The molecule has 0 amide bonds. The predicted octanol–water partition coefficient (Wildman–Crippen LogP) is 2.85. The highest BCUT2D eigenvalue weighted by atomic mass is 79.9. The van der Waals surface area contributed by atoms with E-state index in [-0.39, 0.29) is 0 Å². The van der Waals surface area contributed by atoms with E-state index in [0.29, 0.717) is 5.92 Å². The van der Waals surface area contributed by atoms with Gasteiger partial charge in [-0.15, -0.1) is 5.10 Å². The van der Waals surface area contributed by atoms with Crippen LogP contribution in [0.15, 0.2) is 22.7 Å². The van der Waals surface area contributed by atoms with Crippen molar-refractivity contribution in [3.8, 4) is 0 Å². The van der Waals surface area contributed by atoms with Crippen LogP contribution in [0.3, 0.4) is 0 Å². The Balaban J connectivity index is 2.47. The Morgan fingerprint density at radius 1 is 1.43 bits per heavy atom. The molecule has 3 nitrogen and oxygen atoms in total. The van der Waals surface area contributed by atoms with Crippen molar-refractivity contribution in [1.29, 1.82) is 0 Å². The zero-order chi connectivity index (χ0) is 10.1. The monoisotopic (exact) mass is 253 g/mol. The minimum Gasteiger partial charge on any atom is -0.244 e. The third-order valence-electron chi connectivity index (χ3n) is 2.01. The molecule has 1 aromatic carbocycles. The van der Waals surface area contributed by atoms with Crippen LogP contribution in [0.5, 0.6) is 0 Å². The fourth-order valence-corrected chi connectivity index (χ4v) is 1.78. The quantitative estimate of drug-likeness (QED) is 0.825. The smallest absolute Gasteiger partial charge is 0.114 e. The van der Waals surface area contributed by atoms with Crippen LogP contribution in [0.1, 0.15) is 13.8 Å². The lowest BCUT2D eigenvalue weighted by Gasteiger charge is -2.04. The molecule has 0 aliphatic carbocycles. The van der Waals surface area contributed by atoms with Crippen LogP contribution < -0.4 is 0 Å². The van der Waals surface area contributed by atoms with Crippen LogP contribution in [0.25, 0.3) is 11.0 Å². The van der Waals surface area contributed by atoms with E-state index in [1.165, 1.54) is 0 Å². The molecule has 0 atom stereocenters. The van der Waals surface area contributed by atoms with E-state index in [4.69, 9.17) is 0 Å². The normalized spacial score (nSPS) is 11.4. The molecule has 2 aromatic rings. The molecule has 0 bridgehead atoms. The van der Waals surface area contributed by atoms with Crippen LogP contribution >= 0.6 is 15.9 Å². The van der Waals surface area contributed by atoms with Crippen LogP contribution in [0, 0.1) is 5.92 Å². The van der Waals surface area contributed by atoms with Crippen molar-refractivity contribution in [3.63, 3.8) is 0 Å². The fourth-order valence-electron chi connectivity index (χ4n) is 1.43. The zero-order valence-electron chi connectivity index (χ0n) is 8.24. The molecule has 0 saturated carbocycles. The summed E-state index contributed by atoms with van der Waals surface area (Å²) in [6.07, 6.45) is 0. The summed E-state index contributed by atoms with van der Waals surface area (Å²) in [6.45, 7) is 5.26. The Morgan fingerprint density at radius 3 is 2.93 bits per heavy atom. The number of rotatable bonds is 2. The van der Waals surface area contributed by atoms with Gasteiger partial charge in [-0.05, 0) is 24.1 Å². The van der Waals surface area contributed by atoms with Gasteiger partial charge < -0.3 is 0 Å². The summed E-state index contributed by atoms with van der Waals surface area (Å²) in [6, 6.07) is 6.05. The third kappa shape index (κ3) is 1.80. The Hall–Kier alpha value is -0.900. The topological polar surface area (TPSA) is 30.7 Å². The lowest BCUT2D eigenvalue weighted by atomic mass is 10.2. The summed E-state index contributed by atoms with van der Waals surface area (Å²) >= 11 is 3.42. The van der Waals surface area contributed by atoms with E-state index in [9.17, 15) is 0 Å². The van der Waals surface area contributed by atoms with Gasteiger partial charge in [-0.25, -0.2) is 4.68 Å². The third-order valence-corrected chi connectivity index (χ3v) is 2.51. The number of fused-ring (bicyclic) bond motifs is 1. The van der Waals surface area contributed by atoms with Gasteiger partial charge in [0.25, 0.3) is 0 Å². The summed E-state index contributed by atoms with van der Waals surface area (Å²) in [5, 5.41) is 8.24. The molecule has 0 aliphatic rings. The molecule has 2 rings (SSSR count). The fraction of sp³-hybridized carbons (Fsp3) is 0.400. The van der Waals surface area contributed by atoms with Gasteiger partial charge in [0.15, 0.2) is 0 Å². The molecule has 0 spiro atoms. The van der Waals surface area contributed by atoms with Gasteiger partial charge in [-0.1, -0.05) is 35.0 Å². The molecule has 14 heavy (non-hydrogen) atoms. The maximum Gasteiger partial charge on any atom is 0.114 e. The minimum atomic E-state index is 0.587. The highest BCUT2D eigenvalue weighted by molar-refractivity contribution is 9.10. The average molecular weight is 254 g/mol. The van der Waals surface area contributed by atoms with Gasteiger partial charge in [0.1, 0.15) is 5.52 Å². The maximum absolute atomic E-state index is 4.12. The number of nitrogens with zero attached hydrogens (tertiary/aromatic N) is 3. The molecule has 0 unspecified atom stereocenters. The first-order valence-corrected chi connectivity index (χ1v) is 5.45. The number of halogens is 1. The van der Waals surface area contributed by atoms with Crippen LogP contribution in [0.4, 0.5) is 0 Å². The van der Waals surface area contributed by atoms with Crippen molar-refractivity contribution in [2.24, 2.45) is 5.92 Å². The van der Waals surface area contributed by atoms with Gasteiger partial charge in [0.05, 0.1) is 5.52 Å². The molecule has 1 aromatic heterocycles. The summed E-state index contributed by atoms with van der Waals surface area (Å²) < 4.78 is 2.99. The molecule has 0 fully saturated rings. The second kappa shape index (κ2) is 3.69. The van der Waals surface area contributed by atoms with Crippen LogP contribution in [-0.2, 0) is 6.54 Å².